The lowest BCUT2D eigenvalue weighted by Gasteiger charge is -2.24. The van der Waals surface area contributed by atoms with Gasteiger partial charge in [-0.25, -0.2) is 0 Å². The van der Waals surface area contributed by atoms with E-state index in [2.05, 4.69) is 10.6 Å². The van der Waals surface area contributed by atoms with Crippen LogP contribution in [0.15, 0.2) is 0 Å². The number of aliphatic hydroxyl groups is 1. The van der Waals surface area contributed by atoms with E-state index in [0.717, 1.165) is 32.4 Å². The fraction of sp³-hybridized carbons (Fsp3) is 0.923. The van der Waals surface area contributed by atoms with Crippen LogP contribution in [0.3, 0.4) is 0 Å². The van der Waals surface area contributed by atoms with Crippen molar-refractivity contribution < 1.29 is 9.90 Å². The summed E-state index contributed by atoms with van der Waals surface area (Å²) in [6.45, 7) is 4.07. The molecule has 0 aromatic rings. The van der Waals surface area contributed by atoms with E-state index in [1.807, 2.05) is 6.92 Å². The topological polar surface area (TPSA) is 61.4 Å². The highest BCUT2D eigenvalue weighted by atomic mass is 35.5. The minimum Gasteiger partial charge on any atom is -0.391 e. The minimum absolute atomic E-state index is 0. The summed E-state index contributed by atoms with van der Waals surface area (Å²) < 4.78 is 0. The largest absolute Gasteiger partial charge is 0.391 e. The highest BCUT2D eigenvalue weighted by Gasteiger charge is 2.36. The second-order valence-electron chi connectivity index (χ2n) is 5.81. The van der Waals surface area contributed by atoms with E-state index in [9.17, 15) is 9.90 Å². The quantitative estimate of drug-likeness (QED) is 0.720. The van der Waals surface area contributed by atoms with Crippen LogP contribution in [-0.4, -0.2) is 36.8 Å². The molecule has 2 atom stereocenters. The maximum absolute atomic E-state index is 12.0. The first-order valence-electron chi connectivity index (χ1n) is 6.79. The number of halogens is 1. The van der Waals surface area contributed by atoms with Gasteiger partial charge in [0.15, 0.2) is 0 Å². The summed E-state index contributed by atoms with van der Waals surface area (Å²) in [5.74, 6) is 0.476. The smallest absolute Gasteiger partial charge is 0.227 e. The first kappa shape index (κ1) is 15.7. The lowest BCUT2D eigenvalue weighted by atomic mass is 9.88. The second-order valence-corrected chi connectivity index (χ2v) is 5.81. The molecule has 0 aromatic heterocycles. The Morgan fingerprint density at radius 1 is 1.50 bits per heavy atom. The molecule has 1 amide bonds. The fourth-order valence-corrected chi connectivity index (χ4v) is 2.93. The predicted molar refractivity (Wildman–Crippen MR) is 73.8 cm³/mol. The molecule has 1 heterocycles. The summed E-state index contributed by atoms with van der Waals surface area (Å²) in [6.07, 6.45) is 5.18. The van der Waals surface area contributed by atoms with Crippen LogP contribution in [-0.2, 0) is 4.79 Å². The summed E-state index contributed by atoms with van der Waals surface area (Å²) in [5, 5.41) is 16.1. The molecule has 1 saturated carbocycles. The van der Waals surface area contributed by atoms with E-state index in [1.165, 1.54) is 12.8 Å². The van der Waals surface area contributed by atoms with Gasteiger partial charge in [0.2, 0.25) is 5.91 Å². The third-order valence-corrected chi connectivity index (χ3v) is 4.33. The number of carbonyl (C=O) groups excluding carboxylic acids is 1. The molecule has 5 heteroatoms. The van der Waals surface area contributed by atoms with E-state index >= 15 is 0 Å². The molecule has 4 nitrogen and oxygen atoms in total. The van der Waals surface area contributed by atoms with Gasteiger partial charge in [-0.05, 0) is 38.6 Å². The van der Waals surface area contributed by atoms with Crippen molar-refractivity contribution in [2.45, 2.75) is 45.1 Å². The molecular weight excluding hydrogens is 252 g/mol. The van der Waals surface area contributed by atoms with Crippen LogP contribution in [0.5, 0.6) is 0 Å². The molecule has 2 fully saturated rings. The molecule has 0 radical (unpaired) electrons. The van der Waals surface area contributed by atoms with Gasteiger partial charge in [-0.3, -0.25) is 4.79 Å². The van der Waals surface area contributed by atoms with E-state index < -0.39 is 0 Å². The van der Waals surface area contributed by atoms with Crippen LogP contribution >= 0.6 is 12.4 Å². The molecule has 0 spiro atoms. The monoisotopic (exact) mass is 276 g/mol. The van der Waals surface area contributed by atoms with Crippen molar-refractivity contribution >= 4 is 18.3 Å². The average Bonchev–Trinajstić information content (AvgIpc) is 2.96. The predicted octanol–water partition coefficient (Wildman–Crippen LogP) is 1.08. The summed E-state index contributed by atoms with van der Waals surface area (Å²) >= 11 is 0. The van der Waals surface area contributed by atoms with Crippen molar-refractivity contribution in [3.8, 4) is 0 Å². The zero-order chi connectivity index (χ0) is 12.3. The number of hydrogen-bond donors (Lipinski definition) is 3. The number of carbonyl (C=O) groups is 1. The van der Waals surface area contributed by atoms with Crippen LogP contribution in [0.1, 0.15) is 39.0 Å². The number of nitrogens with one attached hydrogen (secondary N) is 2. The van der Waals surface area contributed by atoms with Gasteiger partial charge < -0.3 is 15.7 Å². The lowest BCUT2D eigenvalue weighted by Crippen LogP contribution is -2.44. The molecule has 2 aliphatic rings. The normalized spacial score (nSPS) is 29.9. The zero-order valence-electron chi connectivity index (χ0n) is 11.1. The molecule has 1 aliphatic carbocycles. The van der Waals surface area contributed by atoms with Crippen LogP contribution in [0, 0.1) is 11.3 Å². The van der Waals surface area contributed by atoms with E-state index in [4.69, 9.17) is 0 Å². The average molecular weight is 277 g/mol. The molecule has 0 bridgehead atoms. The highest BCUT2D eigenvalue weighted by Crippen LogP contribution is 2.28. The second kappa shape index (κ2) is 6.73. The van der Waals surface area contributed by atoms with Crippen molar-refractivity contribution in [3.05, 3.63) is 0 Å². The summed E-state index contributed by atoms with van der Waals surface area (Å²) in [6, 6.07) is 0. The first-order chi connectivity index (χ1) is 8.12. The van der Waals surface area contributed by atoms with Crippen molar-refractivity contribution in [2.75, 3.05) is 19.6 Å². The Morgan fingerprint density at radius 3 is 2.72 bits per heavy atom. The molecule has 3 N–H and O–H groups in total. The number of amides is 1. The Kier molecular flexibility index (Phi) is 5.89. The summed E-state index contributed by atoms with van der Waals surface area (Å²) in [4.78, 5) is 12.0. The molecule has 106 valence electrons. The molecule has 2 unspecified atom stereocenters. The molecule has 18 heavy (non-hydrogen) atoms. The Morgan fingerprint density at radius 2 is 2.17 bits per heavy atom. The molecule has 2 rings (SSSR count). The van der Waals surface area contributed by atoms with Crippen molar-refractivity contribution in [2.24, 2.45) is 11.3 Å². The molecule has 0 aromatic carbocycles. The van der Waals surface area contributed by atoms with Gasteiger partial charge in [-0.1, -0.05) is 12.8 Å². The van der Waals surface area contributed by atoms with E-state index in [1.54, 1.807) is 0 Å². The third kappa shape index (κ3) is 3.59. The van der Waals surface area contributed by atoms with Gasteiger partial charge in [0.25, 0.3) is 0 Å². The Balaban J connectivity index is 0.00000162. The van der Waals surface area contributed by atoms with Crippen molar-refractivity contribution in [1.82, 2.24) is 10.6 Å². The van der Waals surface area contributed by atoms with Gasteiger partial charge in [-0.2, -0.15) is 0 Å². The van der Waals surface area contributed by atoms with Gasteiger partial charge in [0.1, 0.15) is 0 Å². The van der Waals surface area contributed by atoms with E-state index in [-0.39, 0.29) is 29.8 Å². The Labute approximate surface area is 115 Å². The molecular formula is C13H25ClN2O2. The van der Waals surface area contributed by atoms with E-state index in [0.29, 0.717) is 12.5 Å². The maximum Gasteiger partial charge on any atom is 0.227 e. The van der Waals surface area contributed by atoms with Crippen LogP contribution < -0.4 is 10.6 Å². The Hall–Kier alpha value is -0.320. The Bertz CT molecular complexity index is 274. The third-order valence-electron chi connectivity index (χ3n) is 4.33. The van der Waals surface area contributed by atoms with Crippen LogP contribution in [0.25, 0.3) is 0 Å². The van der Waals surface area contributed by atoms with Gasteiger partial charge in [0.05, 0.1) is 11.5 Å². The SMILES string of the molecule is CC1(C(=O)NCC(O)C2CCCC2)CCNC1.Cl. The molecule has 1 saturated heterocycles. The number of hydrogen-bond acceptors (Lipinski definition) is 3. The summed E-state index contributed by atoms with van der Waals surface area (Å²) in [7, 11) is 0. The van der Waals surface area contributed by atoms with Gasteiger partial charge in [0, 0.05) is 13.1 Å². The van der Waals surface area contributed by atoms with Crippen molar-refractivity contribution in [1.29, 1.82) is 0 Å². The standard InChI is InChI=1S/C13H24N2O2.ClH/c1-13(6-7-14-9-13)12(17)15-8-11(16)10-4-2-3-5-10;/h10-11,14,16H,2-9H2,1H3,(H,15,17);1H. The van der Waals surface area contributed by atoms with Crippen molar-refractivity contribution in [3.63, 3.8) is 0 Å². The summed E-state index contributed by atoms with van der Waals surface area (Å²) in [5.41, 5.74) is -0.282. The first-order valence-corrected chi connectivity index (χ1v) is 6.79. The lowest BCUT2D eigenvalue weighted by molar-refractivity contribution is -0.129. The van der Waals surface area contributed by atoms with Gasteiger partial charge >= 0.3 is 0 Å². The number of rotatable bonds is 4. The van der Waals surface area contributed by atoms with Crippen LogP contribution in [0.4, 0.5) is 0 Å². The van der Waals surface area contributed by atoms with Crippen LogP contribution in [0.2, 0.25) is 0 Å². The zero-order valence-corrected chi connectivity index (χ0v) is 11.9. The minimum atomic E-state index is -0.362. The molecule has 1 aliphatic heterocycles. The maximum atomic E-state index is 12.0. The van der Waals surface area contributed by atoms with Gasteiger partial charge in [-0.15, -0.1) is 12.4 Å². The number of aliphatic hydroxyl groups excluding tert-OH is 1. The highest BCUT2D eigenvalue weighted by molar-refractivity contribution is 5.85. The fourth-order valence-electron chi connectivity index (χ4n) is 2.93.